The molecule has 0 unspecified atom stereocenters. The number of benzene rings is 1. The van der Waals surface area contributed by atoms with Crippen molar-refractivity contribution in [2.45, 2.75) is 90.4 Å². The fourth-order valence-corrected chi connectivity index (χ4v) is 3.14. The van der Waals surface area contributed by atoms with Crippen LogP contribution in [0.1, 0.15) is 101 Å². The van der Waals surface area contributed by atoms with Crippen molar-refractivity contribution in [1.29, 1.82) is 0 Å². The van der Waals surface area contributed by atoms with Crippen molar-refractivity contribution in [3.05, 3.63) is 29.8 Å². The van der Waals surface area contributed by atoms with Crippen molar-refractivity contribution in [3.63, 3.8) is 0 Å². The van der Waals surface area contributed by atoms with Crippen molar-refractivity contribution < 1.29 is 14.3 Å². The summed E-state index contributed by atoms with van der Waals surface area (Å²) in [5, 5.41) is 0. The fraction of sp³-hybridized carbons (Fsp3) is 0.696. The van der Waals surface area contributed by atoms with Gasteiger partial charge >= 0.3 is 5.97 Å². The molecule has 26 heavy (non-hydrogen) atoms. The van der Waals surface area contributed by atoms with E-state index in [1.54, 1.807) is 12.1 Å². The van der Waals surface area contributed by atoms with E-state index in [9.17, 15) is 4.79 Å². The van der Waals surface area contributed by atoms with Gasteiger partial charge in [0.1, 0.15) is 5.75 Å². The average molecular weight is 363 g/mol. The molecule has 0 aliphatic rings. The Labute approximate surface area is 160 Å². The zero-order valence-electron chi connectivity index (χ0n) is 16.9. The van der Waals surface area contributed by atoms with E-state index in [0.717, 1.165) is 12.2 Å². The molecule has 1 aromatic carbocycles. The van der Waals surface area contributed by atoms with Crippen molar-refractivity contribution in [2.24, 2.45) is 0 Å². The summed E-state index contributed by atoms with van der Waals surface area (Å²) >= 11 is 0. The number of unbranched alkanes of at least 4 members (excludes halogenated alkanes) is 12. The van der Waals surface area contributed by atoms with Gasteiger partial charge in [0.25, 0.3) is 0 Å². The maximum Gasteiger partial charge on any atom is 0.337 e. The Balaban J connectivity index is 1.91. The third-order valence-electron chi connectivity index (χ3n) is 4.77. The minimum atomic E-state index is -0.323. The minimum Gasteiger partial charge on any atom is -0.494 e. The van der Waals surface area contributed by atoms with Gasteiger partial charge in [0.05, 0.1) is 19.3 Å². The molecule has 0 saturated carbocycles. The van der Waals surface area contributed by atoms with Crippen LogP contribution in [-0.2, 0) is 4.74 Å². The van der Waals surface area contributed by atoms with E-state index in [1.165, 1.54) is 84.2 Å². The zero-order chi connectivity index (χ0) is 18.9. The number of esters is 1. The quantitative estimate of drug-likeness (QED) is 0.236. The molecule has 1 rings (SSSR count). The molecule has 0 spiro atoms. The van der Waals surface area contributed by atoms with E-state index in [1.807, 2.05) is 12.1 Å². The van der Waals surface area contributed by atoms with Gasteiger partial charge in [0, 0.05) is 0 Å². The first-order valence-corrected chi connectivity index (χ1v) is 10.6. The second kappa shape index (κ2) is 15.7. The van der Waals surface area contributed by atoms with E-state index in [-0.39, 0.29) is 5.97 Å². The number of rotatable bonds is 16. The lowest BCUT2D eigenvalue weighted by atomic mass is 10.0. The maximum atomic E-state index is 11.5. The summed E-state index contributed by atoms with van der Waals surface area (Å²) < 4.78 is 10.5. The Bertz CT molecular complexity index is 470. The topological polar surface area (TPSA) is 35.5 Å². The molecule has 0 amide bonds. The molecule has 0 atom stereocenters. The van der Waals surface area contributed by atoms with E-state index in [4.69, 9.17) is 9.47 Å². The molecular weight excluding hydrogens is 324 g/mol. The number of carbonyl (C=O) groups excluding carboxylic acids is 1. The van der Waals surface area contributed by atoms with E-state index in [2.05, 4.69) is 6.92 Å². The predicted molar refractivity (Wildman–Crippen MR) is 109 cm³/mol. The highest BCUT2D eigenvalue weighted by molar-refractivity contribution is 5.89. The molecule has 1 aromatic rings. The SMILES string of the molecule is CCCCCCCCCCCCCCCOc1cccc(C(=O)OC)c1. The zero-order valence-corrected chi connectivity index (χ0v) is 16.9. The largest absolute Gasteiger partial charge is 0.494 e. The van der Waals surface area contributed by atoms with Crippen LogP contribution in [0, 0.1) is 0 Å². The Kier molecular flexibility index (Phi) is 13.6. The van der Waals surface area contributed by atoms with Crippen molar-refractivity contribution in [3.8, 4) is 5.75 Å². The lowest BCUT2D eigenvalue weighted by molar-refractivity contribution is 0.0600. The molecule has 0 heterocycles. The Morgan fingerprint density at radius 2 is 1.35 bits per heavy atom. The van der Waals surface area contributed by atoms with Gasteiger partial charge < -0.3 is 9.47 Å². The number of hydrogen-bond donors (Lipinski definition) is 0. The van der Waals surface area contributed by atoms with Gasteiger partial charge in [-0.25, -0.2) is 4.79 Å². The highest BCUT2D eigenvalue weighted by Gasteiger charge is 2.05. The minimum absolute atomic E-state index is 0.323. The summed E-state index contributed by atoms with van der Waals surface area (Å²) in [5.74, 6) is 0.420. The van der Waals surface area contributed by atoms with Gasteiger partial charge in [-0.3, -0.25) is 0 Å². The predicted octanol–water partition coefficient (Wildman–Crippen LogP) is 6.94. The molecule has 0 aliphatic heterocycles. The van der Waals surface area contributed by atoms with Gasteiger partial charge in [-0.05, 0) is 24.6 Å². The van der Waals surface area contributed by atoms with E-state index < -0.39 is 0 Å². The van der Waals surface area contributed by atoms with Gasteiger partial charge in [-0.2, -0.15) is 0 Å². The van der Waals surface area contributed by atoms with Gasteiger partial charge in [0.2, 0.25) is 0 Å². The van der Waals surface area contributed by atoms with Crippen LogP contribution in [-0.4, -0.2) is 19.7 Å². The van der Waals surface area contributed by atoms with E-state index >= 15 is 0 Å². The van der Waals surface area contributed by atoms with Crippen LogP contribution in [0.3, 0.4) is 0 Å². The van der Waals surface area contributed by atoms with Crippen LogP contribution in [0.25, 0.3) is 0 Å². The number of methoxy groups -OCH3 is 1. The highest BCUT2D eigenvalue weighted by atomic mass is 16.5. The highest BCUT2D eigenvalue weighted by Crippen LogP contribution is 2.15. The van der Waals surface area contributed by atoms with Crippen molar-refractivity contribution >= 4 is 5.97 Å². The standard InChI is InChI=1S/C23H38O3/c1-3-4-5-6-7-8-9-10-11-12-13-14-15-19-26-22-18-16-17-21(20-22)23(24)25-2/h16-18,20H,3-15,19H2,1-2H3. The summed E-state index contributed by atoms with van der Waals surface area (Å²) in [4.78, 5) is 11.5. The molecule has 148 valence electrons. The molecule has 0 saturated heterocycles. The molecule has 0 fully saturated rings. The van der Waals surface area contributed by atoms with Crippen LogP contribution in [0.2, 0.25) is 0 Å². The first kappa shape index (κ1) is 22.5. The van der Waals surface area contributed by atoms with Crippen molar-refractivity contribution in [2.75, 3.05) is 13.7 Å². The average Bonchev–Trinajstić information content (AvgIpc) is 2.68. The Hall–Kier alpha value is -1.51. The molecule has 3 nitrogen and oxygen atoms in total. The molecule has 0 bridgehead atoms. The normalized spacial score (nSPS) is 10.7. The van der Waals surface area contributed by atoms with Gasteiger partial charge in [-0.1, -0.05) is 90.0 Å². The van der Waals surface area contributed by atoms with Crippen LogP contribution in [0.15, 0.2) is 24.3 Å². The number of carbonyl (C=O) groups is 1. The number of ether oxygens (including phenoxy) is 2. The monoisotopic (exact) mass is 362 g/mol. The Morgan fingerprint density at radius 3 is 1.88 bits per heavy atom. The van der Waals surface area contributed by atoms with Crippen LogP contribution >= 0.6 is 0 Å². The first-order valence-electron chi connectivity index (χ1n) is 10.6. The summed E-state index contributed by atoms with van der Waals surface area (Å²) in [5.41, 5.74) is 0.537. The maximum absolute atomic E-state index is 11.5. The summed E-state index contributed by atoms with van der Waals surface area (Å²) in [6.45, 7) is 2.98. The smallest absolute Gasteiger partial charge is 0.337 e. The molecular formula is C23H38O3. The third kappa shape index (κ3) is 11.2. The second-order valence-electron chi connectivity index (χ2n) is 7.11. The third-order valence-corrected chi connectivity index (χ3v) is 4.77. The summed E-state index contributed by atoms with van der Waals surface area (Å²) in [6, 6.07) is 7.19. The van der Waals surface area contributed by atoms with Crippen LogP contribution < -0.4 is 4.74 Å². The van der Waals surface area contributed by atoms with Crippen LogP contribution in [0.5, 0.6) is 5.75 Å². The lowest BCUT2D eigenvalue weighted by Gasteiger charge is -2.07. The molecule has 0 aromatic heterocycles. The Morgan fingerprint density at radius 1 is 0.808 bits per heavy atom. The molecule has 0 radical (unpaired) electrons. The van der Waals surface area contributed by atoms with E-state index in [0.29, 0.717) is 12.2 Å². The molecule has 0 aliphatic carbocycles. The van der Waals surface area contributed by atoms with Crippen LogP contribution in [0.4, 0.5) is 0 Å². The first-order chi connectivity index (χ1) is 12.8. The lowest BCUT2D eigenvalue weighted by Crippen LogP contribution is -2.02. The molecule has 0 N–H and O–H groups in total. The van der Waals surface area contributed by atoms with Gasteiger partial charge in [0.15, 0.2) is 0 Å². The van der Waals surface area contributed by atoms with Crippen molar-refractivity contribution in [1.82, 2.24) is 0 Å². The molecule has 3 heteroatoms. The second-order valence-corrected chi connectivity index (χ2v) is 7.11. The number of hydrogen-bond acceptors (Lipinski definition) is 3. The van der Waals surface area contributed by atoms with Gasteiger partial charge in [-0.15, -0.1) is 0 Å². The fourth-order valence-electron chi connectivity index (χ4n) is 3.14. The summed E-state index contributed by atoms with van der Waals surface area (Å²) in [7, 11) is 1.39. The summed E-state index contributed by atoms with van der Waals surface area (Å²) in [6.07, 6.45) is 17.5.